The smallest absolute Gasteiger partial charge is 0.224 e. The second-order valence-corrected chi connectivity index (χ2v) is 5.77. The summed E-state index contributed by atoms with van der Waals surface area (Å²) in [5.41, 5.74) is -0.687. The first-order chi connectivity index (χ1) is 8.07. The molecule has 2 atom stereocenters. The van der Waals surface area contributed by atoms with Crippen molar-refractivity contribution in [2.75, 3.05) is 19.6 Å². The number of piperidine rings is 2. The van der Waals surface area contributed by atoms with Gasteiger partial charge in [-0.3, -0.25) is 4.79 Å². The minimum Gasteiger partial charge on any atom is -0.388 e. The molecule has 0 aromatic rings. The number of carbonyl (C=O) groups excluding carboxylic acids is 1. The first-order valence-corrected chi connectivity index (χ1v) is 6.80. The van der Waals surface area contributed by atoms with Gasteiger partial charge in [0.2, 0.25) is 5.91 Å². The summed E-state index contributed by atoms with van der Waals surface area (Å²) >= 11 is 0. The van der Waals surface area contributed by atoms with E-state index in [1.165, 1.54) is 12.8 Å². The molecule has 0 aliphatic carbocycles. The molecule has 2 aliphatic rings. The lowest BCUT2D eigenvalue weighted by molar-refractivity contribution is -0.138. The Morgan fingerprint density at radius 2 is 2.29 bits per heavy atom. The maximum absolute atomic E-state index is 12.1. The van der Waals surface area contributed by atoms with Crippen LogP contribution < -0.4 is 5.32 Å². The molecule has 0 aromatic heterocycles. The Balaban J connectivity index is 1.82. The van der Waals surface area contributed by atoms with Gasteiger partial charge in [-0.15, -0.1) is 0 Å². The number of likely N-dealkylation sites (tertiary alicyclic amines) is 1. The molecule has 2 N–H and O–H groups in total. The van der Waals surface area contributed by atoms with E-state index in [0.717, 1.165) is 32.4 Å². The first kappa shape index (κ1) is 12.8. The van der Waals surface area contributed by atoms with Crippen molar-refractivity contribution in [2.24, 2.45) is 0 Å². The van der Waals surface area contributed by atoms with Crippen molar-refractivity contribution in [1.82, 2.24) is 10.2 Å². The Morgan fingerprint density at radius 1 is 1.47 bits per heavy atom. The highest BCUT2D eigenvalue weighted by Gasteiger charge is 2.31. The second-order valence-electron chi connectivity index (χ2n) is 5.77. The molecule has 0 saturated carbocycles. The molecule has 0 spiro atoms. The lowest BCUT2D eigenvalue weighted by atomic mass is 9.94. The highest BCUT2D eigenvalue weighted by atomic mass is 16.3. The van der Waals surface area contributed by atoms with Crippen molar-refractivity contribution in [3.63, 3.8) is 0 Å². The second kappa shape index (κ2) is 5.36. The van der Waals surface area contributed by atoms with Crippen molar-refractivity contribution < 1.29 is 9.90 Å². The summed E-state index contributed by atoms with van der Waals surface area (Å²) in [4.78, 5) is 14.0. The number of aliphatic hydroxyl groups is 1. The molecule has 4 nitrogen and oxygen atoms in total. The number of hydrogen-bond donors (Lipinski definition) is 2. The maximum Gasteiger partial charge on any atom is 0.224 e. The fourth-order valence-electron chi connectivity index (χ4n) is 2.87. The summed E-state index contributed by atoms with van der Waals surface area (Å²) in [7, 11) is 0. The number of rotatable bonds is 2. The lowest BCUT2D eigenvalue weighted by Gasteiger charge is -2.37. The molecular weight excluding hydrogens is 216 g/mol. The van der Waals surface area contributed by atoms with E-state index in [1.807, 2.05) is 11.8 Å². The van der Waals surface area contributed by atoms with Gasteiger partial charge in [-0.1, -0.05) is 6.42 Å². The zero-order valence-corrected chi connectivity index (χ0v) is 10.7. The standard InChI is InChI=1S/C13H24N2O2/c1-13(17)6-4-8-15(10-13)12(16)9-11-5-2-3-7-14-11/h11,14,17H,2-10H2,1H3. The van der Waals surface area contributed by atoms with E-state index in [4.69, 9.17) is 0 Å². The predicted molar refractivity (Wildman–Crippen MR) is 66.7 cm³/mol. The monoisotopic (exact) mass is 240 g/mol. The summed E-state index contributed by atoms with van der Waals surface area (Å²) < 4.78 is 0. The molecule has 2 rings (SSSR count). The van der Waals surface area contributed by atoms with Crippen molar-refractivity contribution in [3.8, 4) is 0 Å². The zero-order chi connectivity index (χ0) is 12.3. The van der Waals surface area contributed by atoms with Crippen LogP contribution in [-0.2, 0) is 4.79 Å². The van der Waals surface area contributed by atoms with E-state index >= 15 is 0 Å². The van der Waals surface area contributed by atoms with E-state index in [0.29, 0.717) is 19.0 Å². The zero-order valence-electron chi connectivity index (χ0n) is 10.7. The van der Waals surface area contributed by atoms with Crippen LogP contribution in [0.2, 0.25) is 0 Å². The van der Waals surface area contributed by atoms with Crippen LogP contribution in [0.4, 0.5) is 0 Å². The van der Waals surface area contributed by atoms with E-state index in [9.17, 15) is 9.90 Å². The van der Waals surface area contributed by atoms with Gasteiger partial charge >= 0.3 is 0 Å². The summed E-state index contributed by atoms with van der Waals surface area (Å²) in [5, 5.41) is 13.4. The fourth-order valence-corrected chi connectivity index (χ4v) is 2.87. The molecule has 2 aliphatic heterocycles. The van der Waals surface area contributed by atoms with Gasteiger partial charge in [0.1, 0.15) is 0 Å². The molecule has 0 aromatic carbocycles. The van der Waals surface area contributed by atoms with Gasteiger partial charge in [-0.05, 0) is 39.2 Å². The topological polar surface area (TPSA) is 52.6 Å². The maximum atomic E-state index is 12.1. The van der Waals surface area contributed by atoms with Crippen molar-refractivity contribution >= 4 is 5.91 Å². The lowest BCUT2D eigenvalue weighted by Crippen LogP contribution is -2.50. The van der Waals surface area contributed by atoms with E-state index in [-0.39, 0.29) is 5.91 Å². The van der Waals surface area contributed by atoms with Gasteiger partial charge in [-0.25, -0.2) is 0 Å². The Hall–Kier alpha value is -0.610. The van der Waals surface area contributed by atoms with E-state index < -0.39 is 5.60 Å². The van der Waals surface area contributed by atoms with Crippen LogP contribution in [0, 0.1) is 0 Å². The quantitative estimate of drug-likeness (QED) is 0.754. The predicted octanol–water partition coefficient (Wildman–Crippen LogP) is 0.892. The molecular formula is C13H24N2O2. The van der Waals surface area contributed by atoms with Crippen LogP contribution >= 0.6 is 0 Å². The number of amides is 1. The average molecular weight is 240 g/mol. The molecule has 17 heavy (non-hydrogen) atoms. The van der Waals surface area contributed by atoms with Crippen LogP contribution in [0.1, 0.15) is 45.4 Å². The van der Waals surface area contributed by atoms with Gasteiger partial charge in [0.05, 0.1) is 5.60 Å². The van der Waals surface area contributed by atoms with E-state index in [1.54, 1.807) is 0 Å². The fraction of sp³-hybridized carbons (Fsp3) is 0.923. The van der Waals surface area contributed by atoms with Gasteiger partial charge in [0, 0.05) is 25.6 Å². The normalized spacial score (nSPS) is 34.7. The molecule has 2 heterocycles. The highest BCUT2D eigenvalue weighted by Crippen LogP contribution is 2.21. The third kappa shape index (κ3) is 3.68. The summed E-state index contributed by atoms with van der Waals surface area (Å²) in [6, 6.07) is 0.350. The van der Waals surface area contributed by atoms with E-state index in [2.05, 4.69) is 5.32 Å². The average Bonchev–Trinajstić information content (AvgIpc) is 2.29. The molecule has 2 unspecified atom stereocenters. The SMILES string of the molecule is CC1(O)CCCN(C(=O)CC2CCCCN2)C1. The van der Waals surface area contributed by atoms with Crippen LogP contribution in [-0.4, -0.2) is 47.2 Å². The van der Waals surface area contributed by atoms with Crippen molar-refractivity contribution in [1.29, 1.82) is 0 Å². The Bertz CT molecular complexity index is 273. The number of nitrogens with zero attached hydrogens (tertiary/aromatic N) is 1. The molecule has 1 amide bonds. The van der Waals surface area contributed by atoms with Gasteiger partial charge in [0.15, 0.2) is 0 Å². The van der Waals surface area contributed by atoms with Gasteiger partial charge in [0.25, 0.3) is 0 Å². The minimum atomic E-state index is -0.687. The Kier molecular flexibility index (Phi) is 4.05. The van der Waals surface area contributed by atoms with Gasteiger partial charge in [-0.2, -0.15) is 0 Å². The number of hydrogen-bond acceptors (Lipinski definition) is 3. The van der Waals surface area contributed by atoms with Crippen LogP contribution in [0.3, 0.4) is 0 Å². The molecule has 4 heteroatoms. The first-order valence-electron chi connectivity index (χ1n) is 6.80. The summed E-state index contributed by atoms with van der Waals surface area (Å²) in [6.07, 6.45) is 5.87. The van der Waals surface area contributed by atoms with Crippen LogP contribution in [0.15, 0.2) is 0 Å². The molecule has 98 valence electrons. The van der Waals surface area contributed by atoms with Crippen molar-refractivity contribution in [2.45, 2.75) is 57.1 Å². The third-order valence-corrected chi connectivity index (χ3v) is 3.86. The van der Waals surface area contributed by atoms with Crippen LogP contribution in [0.5, 0.6) is 0 Å². The molecule has 2 saturated heterocycles. The largest absolute Gasteiger partial charge is 0.388 e. The number of carbonyl (C=O) groups is 1. The Labute approximate surface area is 103 Å². The summed E-state index contributed by atoms with van der Waals surface area (Å²) in [5.74, 6) is 0.198. The number of nitrogens with one attached hydrogen (secondary N) is 1. The minimum absolute atomic E-state index is 0.198. The van der Waals surface area contributed by atoms with Crippen molar-refractivity contribution in [3.05, 3.63) is 0 Å². The summed E-state index contributed by atoms with van der Waals surface area (Å²) in [6.45, 7) is 4.17. The number of β-amino-alcohol motifs (C(OH)–C–C–N with tert-alkyl or cyclic N) is 1. The van der Waals surface area contributed by atoms with Crippen LogP contribution in [0.25, 0.3) is 0 Å². The molecule has 2 fully saturated rings. The molecule has 0 bridgehead atoms. The Morgan fingerprint density at radius 3 is 2.94 bits per heavy atom. The highest BCUT2D eigenvalue weighted by molar-refractivity contribution is 5.77. The van der Waals surface area contributed by atoms with Gasteiger partial charge < -0.3 is 15.3 Å². The third-order valence-electron chi connectivity index (χ3n) is 3.86. The molecule has 0 radical (unpaired) electrons.